The standard InChI is InChI=1S/C15H22N2OS/c1-10-4-2-5-12(14(10)11-7-8-11)16-15(18)17-13-6-3-9-19-13/h3,6,9-12,14H,2,4-5,7-8H2,1H3,(H2,16,17,18). The van der Waals surface area contributed by atoms with Crippen molar-refractivity contribution in [2.45, 2.75) is 45.1 Å². The molecule has 2 N–H and O–H groups in total. The van der Waals surface area contributed by atoms with Crippen LogP contribution in [0.3, 0.4) is 0 Å². The van der Waals surface area contributed by atoms with Gasteiger partial charge in [0.2, 0.25) is 0 Å². The molecular formula is C15H22N2OS. The zero-order chi connectivity index (χ0) is 13.2. The fourth-order valence-electron chi connectivity index (χ4n) is 3.55. The van der Waals surface area contributed by atoms with Gasteiger partial charge in [0.1, 0.15) is 0 Å². The Hall–Kier alpha value is -1.03. The van der Waals surface area contributed by atoms with Crippen molar-refractivity contribution in [3.8, 4) is 0 Å². The largest absolute Gasteiger partial charge is 0.335 e. The molecular weight excluding hydrogens is 256 g/mol. The molecule has 0 aliphatic heterocycles. The smallest absolute Gasteiger partial charge is 0.320 e. The van der Waals surface area contributed by atoms with Crippen LogP contribution in [0.25, 0.3) is 0 Å². The monoisotopic (exact) mass is 278 g/mol. The quantitative estimate of drug-likeness (QED) is 0.859. The molecule has 1 aromatic rings. The first-order valence-electron chi connectivity index (χ1n) is 7.35. The number of anilines is 1. The highest BCUT2D eigenvalue weighted by Gasteiger charge is 2.41. The van der Waals surface area contributed by atoms with Gasteiger partial charge in [-0.1, -0.05) is 19.8 Å². The van der Waals surface area contributed by atoms with E-state index in [1.54, 1.807) is 11.3 Å². The molecule has 3 unspecified atom stereocenters. The number of thiophene rings is 1. The van der Waals surface area contributed by atoms with Crippen molar-refractivity contribution in [3.63, 3.8) is 0 Å². The molecule has 104 valence electrons. The number of carbonyl (C=O) groups is 1. The lowest BCUT2D eigenvalue weighted by atomic mass is 9.74. The number of hydrogen-bond donors (Lipinski definition) is 2. The third-order valence-electron chi connectivity index (χ3n) is 4.54. The summed E-state index contributed by atoms with van der Waals surface area (Å²) in [6.07, 6.45) is 6.43. The Kier molecular flexibility index (Phi) is 3.78. The number of amides is 2. The van der Waals surface area contributed by atoms with Gasteiger partial charge in [-0.25, -0.2) is 4.79 Å². The minimum atomic E-state index is -0.0350. The molecule has 3 rings (SSSR count). The van der Waals surface area contributed by atoms with Crippen LogP contribution in [0.4, 0.5) is 9.80 Å². The van der Waals surface area contributed by atoms with Crippen molar-refractivity contribution in [2.24, 2.45) is 17.8 Å². The minimum absolute atomic E-state index is 0.0350. The van der Waals surface area contributed by atoms with Crippen LogP contribution < -0.4 is 10.6 Å². The normalized spacial score (nSPS) is 30.9. The average Bonchev–Trinajstić information content (AvgIpc) is 3.07. The van der Waals surface area contributed by atoms with Gasteiger partial charge in [-0.05, 0) is 54.5 Å². The molecule has 0 spiro atoms. The number of hydrogen-bond acceptors (Lipinski definition) is 2. The molecule has 0 aromatic carbocycles. The Morgan fingerprint density at radius 3 is 2.84 bits per heavy atom. The number of rotatable bonds is 3. The van der Waals surface area contributed by atoms with Crippen LogP contribution in [-0.4, -0.2) is 12.1 Å². The fourth-order valence-corrected chi connectivity index (χ4v) is 4.16. The molecule has 0 bridgehead atoms. The number of carbonyl (C=O) groups excluding carboxylic acids is 1. The molecule has 0 saturated heterocycles. The predicted octanol–water partition coefficient (Wildman–Crippen LogP) is 4.08. The summed E-state index contributed by atoms with van der Waals surface area (Å²) < 4.78 is 0. The summed E-state index contributed by atoms with van der Waals surface area (Å²) in [5, 5.41) is 9.05. The highest BCUT2D eigenvalue weighted by atomic mass is 32.1. The maximum Gasteiger partial charge on any atom is 0.320 e. The van der Waals surface area contributed by atoms with Crippen molar-refractivity contribution in [2.75, 3.05) is 5.32 Å². The fraction of sp³-hybridized carbons (Fsp3) is 0.667. The molecule has 2 saturated carbocycles. The average molecular weight is 278 g/mol. The molecule has 3 atom stereocenters. The summed E-state index contributed by atoms with van der Waals surface area (Å²) in [4.78, 5) is 12.1. The molecule has 3 nitrogen and oxygen atoms in total. The molecule has 1 heterocycles. The van der Waals surface area contributed by atoms with E-state index in [0.717, 1.165) is 23.3 Å². The summed E-state index contributed by atoms with van der Waals surface area (Å²) >= 11 is 1.56. The van der Waals surface area contributed by atoms with E-state index in [2.05, 4.69) is 17.6 Å². The Balaban J connectivity index is 1.59. The van der Waals surface area contributed by atoms with Gasteiger partial charge in [0.05, 0.1) is 5.00 Å². The third kappa shape index (κ3) is 3.11. The minimum Gasteiger partial charge on any atom is -0.335 e. The van der Waals surface area contributed by atoms with Gasteiger partial charge in [0.25, 0.3) is 0 Å². The molecule has 2 amide bonds. The van der Waals surface area contributed by atoms with Crippen molar-refractivity contribution in [1.29, 1.82) is 0 Å². The molecule has 2 aliphatic carbocycles. The van der Waals surface area contributed by atoms with E-state index in [4.69, 9.17) is 0 Å². The Morgan fingerprint density at radius 1 is 1.32 bits per heavy atom. The van der Waals surface area contributed by atoms with E-state index in [0.29, 0.717) is 12.0 Å². The second-order valence-electron chi connectivity index (χ2n) is 6.01. The van der Waals surface area contributed by atoms with Gasteiger partial charge in [-0.3, -0.25) is 5.32 Å². The maximum absolute atomic E-state index is 12.1. The van der Waals surface area contributed by atoms with E-state index in [1.807, 2.05) is 17.5 Å². The Morgan fingerprint density at radius 2 is 2.16 bits per heavy atom. The lowest BCUT2D eigenvalue weighted by Gasteiger charge is -2.37. The first-order valence-corrected chi connectivity index (χ1v) is 8.23. The SMILES string of the molecule is CC1CCCC(NC(=O)Nc2cccs2)C1C1CC1. The summed E-state index contributed by atoms with van der Waals surface area (Å²) in [6.45, 7) is 2.36. The summed E-state index contributed by atoms with van der Waals surface area (Å²) in [5.41, 5.74) is 0. The topological polar surface area (TPSA) is 41.1 Å². The van der Waals surface area contributed by atoms with Crippen LogP contribution in [0.2, 0.25) is 0 Å². The molecule has 1 aromatic heterocycles. The van der Waals surface area contributed by atoms with E-state index < -0.39 is 0 Å². The number of urea groups is 1. The summed E-state index contributed by atoms with van der Waals surface area (Å²) in [7, 11) is 0. The van der Waals surface area contributed by atoms with Crippen LogP contribution in [0, 0.1) is 17.8 Å². The van der Waals surface area contributed by atoms with Crippen LogP contribution in [0.1, 0.15) is 39.0 Å². The van der Waals surface area contributed by atoms with Gasteiger partial charge in [0, 0.05) is 6.04 Å². The maximum atomic E-state index is 12.1. The van der Waals surface area contributed by atoms with E-state index >= 15 is 0 Å². The van der Waals surface area contributed by atoms with E-state index in [-0.39, 0.29) is 6.03 Å². The molecule has 2 aliphatic rings. The second kappa shape index (κ2) is 5.53. The first-order chi connectivity index (χ1) is 9.24. The van der Waals surface area contributed by atoms with Gasteiger partial charge in [-0.15, -0.1) is 11.3 Å². The van der Waals surface area contributed by atoms with E-state index in [9.17, 15) is 4.79 Å². The van der Waals surface area contributed by atoms with Crippen molar-refractivity contribution >= 4 is 22.4 Å². The van der Waals surface area contributed by atoms with Crippen LogP contribution in [0.5, 0.6) is 0 Å². The zero-order valence-corrected chi connectivity index (χ0v) is 12.2. The Labute approximate surface area is 118 Å². The molecule has 2 fully saturated rings. The van der Waals surface area contributed by atoms with Crippen LogP contribution >= 0.6 is 11.3 Å². The highest BCUT2D eigenvalue weighted by Crippen LogP contribution is 2.46. The van der Waals surface area contributed by atoms with Gasteiger partial charge < -0.3 is 5.32 Å². The third-order valence-corrected chi connectivity index (χ3v) is 5.32. The van der Waals surface area contributed by atoms with Crippen LogP contribution in [-0.2, 0) is 0 Å². The highest BCUT2D eigenvalue weighted by molar-refractivity contribution is 7.14. The Bertz CT molecular complexity index is 427. The lowest BCUT2D eigenvalue weighted by Crippen LogP contribution is -2.47. The summed E-state index contributed by atoms with van der Waals surface area (Å²) in [5.74, 6) is 2.32. The first kappa shape index (κ1) is 13.0. The van der Waals surface area contributed by atoms with Gasteiger partial charge in [0.15, 0.2) is 0 Å². The lowest BCUT2D eigenvalue weighted by molar-refractivity contribution is 0.169. The van der Waals surface area contributed by atoms with Crippen molar-refractivity contribution < 1.29 is 4.79 Å². The zero-order valence-electron chi connectivity index (χ0n) is 11.4. The second-order valence-corrected chi connectivity index (χ2v) is 6.95. The number of nitrogens with one attached hydrogen (secondary N) is 2. The van der Waals surface area contributed by atoms with E-state index in [1.165, 1.54) is 25.7 Å². The van der Waals surface area contributed by atoms with Crippen molar-refractivity contribution in [3.05, 3.63) is 17.5 Å². The van der Waals surface area contributed by atoms with Crippen LogP contribution in [0.15, 0.2) is 17.5 Å². The molecule has 0 radical (unpaired) electrons. The predicted molar refractivity (Wildman–Crippen MR) is 79.5 cm³/mol. The van der Waals surface area contributed by atoms with Gasteiger partial charge >= 0.3 is 6.03 Å². The van der Waals surface area contributed by atoms with Crippen molar-refractivity contribution in [1.82, 2.24) is 5.32 Å². The molecule has 19 heavy (non-hydrogen) atoms. The summed E-state index contributed by atoms with van der Waals surface area (Å²) in [6, 6.07) is 4.23. The van der Waals surface area contributed by atoms with Gasteiger partial charge in [-0.2, -0.15) is 0 Å². The molecule has 4 heteroatoms.